The molecule has 4 heteroatoms. The second-order valence-electron chi connectivity index (χ2n) is 6.52. The average Bonchev–Trinajstić information content (AvgIpc) is 2.75. The molecular weight excluding hydrogens is 212 g/mol. The minimum absolute atomic E-state index is 0.330. The fraction of sp³-hybridized carbons (Fsp3) is 0.846. The smallest absolute Gasteiger partial charge is 0.0998 e. The summed E-state index contributed by atoms with van der Waals surface area (Å²) >= 11 is 0. The van der Waals surface area contributed by atoms with E-state index in [2.05, 4.69) is 15.4 Å². The minimum atomic E-state index is 0.330. The summed E-state index contributed by atoms with van der Waals surface area (Å²) in [7, 11) is 0. The van der Waals surface area contributed by atoms with Gasteiger partial charge < -0.3 is 5.73 Å². The molecule has 1 aromatic rings. The van der Waals surface area contributed by atoms with Gasteiger partial charge in [-0.15, -0.1) is 0 Å². The van der Waals surface area contributed by atoms with Crippen LogP contribution in [-0.4, -0.2) is 15.4 Å². The molecule has 0 unspecified atom stereocenters. The number of hydrogen-bond acceptors (Lipinski definition) is 3. The van der Waals surface area contributed by atoms with Gasteiger partial charge in [0.25, 0.3) is 0 Å². The van der Waals surface area contributed by atoms with Crippen molar-refractivity contribution in [3.63, 3.8) is 0 Å². The fourth-order valence-electron chi connectivity index (χ4n) is 5.22. The molecule has 0 saturated heterocycles. The molecule has 17 heavy (non-hydrogen) atoms. The monoisotopic (exact) mass is 232 g/mol. The Morgan fingerprint density at radius 1 is 1.06 bits per heavy atom. The average molecular weight is 232 g/mol. The van der Waals surface area contributed by atoms with Crippen molar-refractivity contribution in [2.45, 2.75) is 50.5 Å². The molecule has 3 N–H and O–H groups in total. The maximum atomic E-state index is 5.79. The van der Waals surface area contributed by atoms with Crippen LogP contribution in [0.25, 0.3) is 0 Å². The van der Waals surface area contributed by atoms with E-state index in [9.17, 15) is 0 Å². The standard InChI is InChI=1S/C13H20N4/c14-7-11-12(16-17-15-11)13-4-8-1-9(5-13)3-10(2-8)6-13/h8-10H,1-7,14H2,(H,15,16,17). The predicted octanol–water partition coefficient (Wildman–Crippen LogP) is 1.73. The summed E-state index contributed by atoms with van der Waals surface area (Å²) in [6, 6.07) is 0. The molecule has 1 aromatic heterocycles. The number of rotatable bonds is 2. The predicted molar refractivity (Wildman–Crippen MR) is 64.1 cm³/mol. The lowest BCUT2D eigenvalue weighted by molar-refractivity contribution is -0.00763. The van der Waals surface area contributed by atoms with Crippen LogP contribution in [0, 0.1) is 17.8 Å². The van der Waals surface area contributed by atoms with E-state index in [0.29, 0.717) is 12.0 Å². The Kier molecular flexibility index (Phi) is 1.96. The number of hydrogen-bond donors (Lipinski definition) is 2. The third-order valence-corrected chi connectivity index (χ3v) is 5.35. The molecule has 4 saturated carbocycles. The largest absolute Gasteiger partial charge is 0.325 e. The minimum Gasteiger partial charge on any atom is -0.325 e. The summed E-state index contributed by atoms with van der Waals surface area (Å²) in [4.78, 5) is 0. The van der Waals surface area contributed by atoms with Crippen molar-refractivity contribution < 1.29 is 0 Å². The Balaban J connectivity index is 1.77. The molecule has 0 atom stereocenters. The molecule has 0 radical (unpaired) electrons. The lowest BCUT2D eigenvalue weighted by Crippen LogP contribution is -2.49. The van der Waals surface area contributed by atoms with Crippen LogP contribution in [0.4, 0.5) is 0 Å². The highest BCUT2D eigenvalue weighted by molar-refractivity contribution is 5.25. The molecule has 4 aliphatic rings. The SMILES string of the molecule is NCc1n[nH]nc1C12CC3CC(CC(C3)C1)C2. The Hall–Kier alpha value is -0.900. The van der Waals surface area contributed by atoms with Crippen LogP contribution in [0.3, 0.4) is 0 Å². The van der Waals surface area contributed by atoms with Crippen LogP contribution in [-0.2, 0) is 12.0 Å². The summed E-state index contributed by atoms with van der Waals surface area (Å²) in [5, 5.41) is 11.5. The normalized spacial score (nSPS) is 43.2. The first-order valence-electron chi connectivity index (χ1n) is 6.89. The van der Waals surface area contributed by atoms with Crippen molar-refractivity contribution in [2.24, 2.45) is 23.5 Å². The third-order valence-electron chi connectivity index (χ3n) is 5.35. The Labute approximate surface area is 101 Å². The van der Waals surface area contributed by atoms with Gasteiger partial charge in [0.2, 0.25) is 0 Å². The quantitative estimate of drug-likeness (QED) is 0.816. The molecule has 4 aliphatic carbocycles. The summed E-state index contributed by atoms with van der Waals surface area (Å²) in [5.74, 6) is 2.84. The van der Waals surface area contributed by atoms with Crippen LogP contribution in [0.5, 0.6) is 0 Å². The zero-order valence-electron chi connectivity index (χ0n) is 10.2. The van der Waals surface area contributed by atoms with Crippen molar-refractivity contribution in [3.05, 3.63) is 11.4 Å². The highest BCUT2D eigenvalue weighted by Crippen LogP contribution is 2.60. The van der Waals surface area contributed by atoms with Crippen molar-refractivity contribution in [3.8, 4) is 0 Å². The first-order chi connectivity index (χ1) is 8.29. The molecule has 4 bridgehead atoms. The molecule has 0 aromatic carbocycles. The van der Waals surface area contributed by atoms with Crippen molar-refractivity contribution in [2.75, 3.05) is 0 Å². The second-order valence-corrected chi connectivity index (χ2v) is 6.52. The highest BCUT2D eigenvalue weighted by atomic mass is 15.3. The lowest BCUT2D eigenvalue weighted by Gasteiger charge is -2.56. The van der Waals surface area contributed by atoms with E-state index in [1.807, 2.05) is 0 Å². The maximum Gasteiger partial charge on any atom is 0.0998 e. The van der Waals surface area contributed by atoms with E-state index in [1.54, 1.807) is 0 Å². The van der Waals surface area contributed by atoms with Crippen LogP contribution in [0.1, 0.15) is 49.9 Å². The van der Waals surface area contributed by atoms with Crippen molar-refractivity contribution in [1.82, 2.24) is 15.4 Å². The summed E-state index contributed by atoms with van der Waals surface area (Å²) in [6.45, 7) is 0.521. The molecule has 0 aliphatic heterocycles. The van der Waals surface area contributed by atoms with Gasteiger partial charge in [-0.25, -0.2) is 0 Å². The summed E-state index contributed by atoms with van der Waals surface area (Å²) < 4.78 is 0. The number of nitrogens with one attached hydrogen (secondary N) is 1. The van der Waals surface area contributed by atoms with E-state index in [1.165, 1.54) is 44.2 Å². The zero-order chi connectivity index (χ0) is 11.5. The van der Waals surface area contributed by atoms with E-state index >= 15 is 0 Å². The molecule has 4 nitrogen and oxygen atoms in total. The Morgan fingerprint density at radius 3 is 2.18 bits per heavy atom. The molecular formula is C13H20N4. The van der Waals surface area contributed by atoms with Gasteiger partial charge in [0, 0.05) is 12.0 Å². The molecule has 92 valence electrons. The summed E-state index contributed by atoms with van der Waals surface area (Å²) in [5.41, 5.74) is 8.34. The number of aromatic amines is 1. The second kappa shape index (κ2) is 3.31. The van der Waals surface area contributed by atoms with Crippen LogP contribution >= 0.6 is 0 Å². The number of nitrogens with two attached hydrogens (primary N) is 1. The van der Waals surface area contributed by atoms with E-state index < -0.39 is 0 Å². The maximum absolute atomic E-state index is 5.79. The van der Waals surface area contributed by atoms with Gasteiger partial charge in [0.15, 0.2) is 0 Å². The van der Waals surface area contributed by atoms with E-state index in [0.717, 1.165) is 23.4 Å². The Morgan fingerprint density at radius 2 is 1.65 bits per heavy atom. The van der Waals surface area contributed by atoms with Crippen molar-refractivity contribution in [1.29, 1.82) is 0 Å². The molecule has 5 rings (SSSR count). The summed E-state index contributed by atoms with van der Waals surface area (Å²) in [6.07, 6.45) is 8.40. The van der Waals surface area contributed by atoms with Gasteiger partial charge in [0.1, 0.15) is 0 Å². The van der Waals surface area contributed by atoms with Crippen molar-refractivity contribution >= 4 is 0 Å². The number of H-pyrrole nitrogens is 1. The number of aromatic nitrogens is 3. The molecule has 1 heterocycles. The Bertz CT molecular complexity index is 401. The van der Waals surface area contributed by atoms with E-state index in [-0.39, 0.29) is 0 Å². The zero-order valence-corrected chi connectivity index (χ0v) is 10.2. The molecule has 0 amide bonds. The van der Waals surface area contributed by atoms with Gasteiger partial charge in [0.05, 0.1) is 11.4 Å². The van der Waals surface area contributed by atoms with Gasteiger partial charge in [-0.2, -0.15) is 15.4 Å². The third kappa shape index (κ3) is 1.33. The molecule has 0 spiro atoms. The highest BCUT2D eigenvalue weighted by Gasteiger charge is 2.53. The topological polar surface area (TPSA) is 67.6 Å². The van der Waals surface area contributed by atoms with Gasteiger partial charge >= 0.3 is 0 Å². The first-order valence-corrected chi connectivity index (χ1v) is 6.89. The van der Waals surface area contributed by atoms with E-state index in [4.69, 9.17) is 5.73 Å². The lowest BCUT2D eigenvalue weighted by atomic mass is 9.48. The van der Waals surface area contributed by atoms with Crippen LogP contribution in [0.2, 0.25) is 0 Å². The first kappa shape index (κ1) is 10.1. The fourth-order valence-corrected chi connectivity index (χ4v) is 5.22. The van der Waals surface area contributed by atoms with Crippen LogP contribution in [0.15, 0.2) is 0 Å². The number of nitrogens with zero attached hydrogens (tertiary/aromatic N) is 2. The van der Waals surface area contributed by atoms with Gasteiger partial charge in [-0.05, 0) is 56.3 Å². The van der Waals surface area contributed by atoms with Gasteiger partial charge in [-0.3, -0.25) is 0 Å². The van der Waals surface area contributed by atoms with Gasteiger partial charge in [-0.1, -0.05) is 0 Å². The molecule has 4 fully saturated rings. The van der Waals surface area contributed by atoms with Crippen LogP contribution < -0.4 is 5.73 Å².